The van der Waals surface area contributed by atoms with Crippen LogP contribution in [0.4, 0.5) is 0 Å². The van der Waals surface area contributed by atoms with E-state index in [0.29, 0.717) is 23.5 Å². The van der Waals surface area contributed by atoms with Gasteiger partial charge in [-0.15, -0.1) is 0 Å². The van der Waals surface area contributed by atoms with Crippen molar-refractivity contribution >= 4 is 11.9 Å². The molecule has 0 fully saturated rings. The number of carboxylic acids is 1. The topological polar surface area (TPSA) is 87.7 Å². The molecule has 0 aliphatic carbocycles. The van der Waals surface area contributed by atoms with Crippen molar-refractivity contribution in [3.63, 3.8) is 0 Å². The smallest absolute Gasteiger partial charge is 0.251 e. The molecule has 1 amide bonds. The van der Waals surface area contributed by atoms with E-state index in [4.69, 9.17) is 9.47 Å². The molecule has 0 aliphatic heterocycles. The van der Waals surface area contributed by atoms with Crippen LogP contribution in [0, 0.1) is 5.92 Å². The van der Waals surface area contributed by atoms with Gasteiger partial charge in [-0.2, -0.15) is 0 Å². The van der Waals surface area contributed by atoms with Crippen molar-refractivity contribution in [1.29, 1.82) is 0 Å². The molecular weight excluding hydrogens is 274 g/mol. The SMILES string of the molecule is COc1ccc(C(=O)N[C@H](CC(C)C)C(=O)[O-])cc1OC. The molecule has 1 aromatic rings. The summed E-state index contributed by atoms with van der Waals surface area (Å²) in [6.07, 6.45) is 0.307. The first kappa shape index (κ1) is 16.8. The number of ether oxygens (including phenoxy) is 2. The third-order valence-electron chi connectivity index (χ3n) is 2.94. The van der Waals surface area contributed by atoms with Crippen molar-refractivity contribution < 1.29 is 24.2 Å². The number of benzene rings is 1. The number of hydrogen-bond donors (Lipinski definition) is 1. The van der Waals surface area contributed by atoms with Gasteiger partial charge < -0.3 is 24.7 Å². The molecule has 0 saturated carbocycles. The molecule has 0 saturated heterocycles. The van der Waals surface area contributed by atoms with Gasteiger partial charge in [-0.25, -0.2) is 0 Å². The predicted octanol–water partition coefficient (Wildman–Crippen LogP) is 0.598. The zero-order valence-corrected chi connectivity index (χ0v) is 12.6. The van der Waals surface area contributed by atoms with Gasteiger partial charge in [-0.05, 0) is 30.5 Å². The molecule has 0 heterocycles. The molecule has 0 aliphatic rings. The maximum Gasteiger partial charge on any atom is 0.251 e. The van der Waals surface area contributed by atoms with Crippen molar-refractivity contribution in [2.24, 2.45) is 5.92 Å². The summed E-state index contributed by atoms with van der Waals surface area (Å²) in [6.45, 7) is 3.75. The molecule has 1 N–H and O–H groups in total. The van der Waals surface area contributed by atoms with E-state index >= 15 is 0 Å². The zero-order chi connectivity index (χ0) is 16.0. The molecule has 21 heavy (non-hydrogen) atoms. The summed E-state index contributed by atoms with van der Waals surface area (Å²) in [7, 11) is 2.95. The average molecular weight is 294 g/mol. The molecule has 0 radical (unpaired) electrons. The Balaban J connectivity index is 2.89. The highest BCUT2D eigenvalue weighted by atomic mass is 16.5. The highest BCUT2D eigenvalue weighted by molar-refractivity contribution is 5.97. The summed E-state index contributed by atoms with van der Waals surface area (Å²) < 4.78 is 10.2. The summed E-state index contributed by atoms with van der Waals surface area (Å²) in [4.78, 5) is 23.2. The van der Waals surface area contributed by atoms with E-state index in [1.807, 2.05) is 13.8 Å². The summed E-state index contributed by atoms with van der Waals surface area (Å²) in [5.41, 5.74) is 0.294. The van der Waals surface area contributed by atoms with Crippen LogP contribution in [-0.2, 0) is 4.79 Å². The van der Waals surface area contributed by atoms with Crippen LogP contribution in [0.15, 0.2) is 18.2 Å². The van der Waals surface area contributed by atoms with Gasteiger partial charge in [0, 0.05) is 5.56 Å². The lowest BCUT2D eigenvalue weighted by atomic mass is 10.0. The minimum atomic E-state index is -1.29. The lowest BCUT2D eigenvalue weighted by Crippen LogP contribution is -2.48. The van der Waals surface area contributed by atoms with E-state index in [-0.39, 0.29) is 5.92 Å². The van der Waals surface area contributed by atoms with Crippen LogP contribution >= 0.6 is 0 Å². The van der Waals surface area contributed by atoms with Gasteiger partial charge in [0.2, 0.25) is 0 Å². The normalized spacial score (nSPS) is 11.9. The van der Waals surface area contributed by atoms with E-state index in [0.717, 1.165) is 0 Å². The molecule has 0 bridgehead atoms. The Morgan fingerprint density at radius 1 is 1.19 bits per heavy atom. The second kappa shape index (κ2) is 7.52. The Bertz CT molecular complexity index is 513. The van der Waals surface area contributed by atoms with Crippen molar-refractivity contribution in [3.05, 3.63) is 23.8 Å². The number of aliphatic carboxylic acids is 1. The van der Waals surface area contributed by atoms with Gasteiger partial charge in [-0.3, -0.25) is 4.79 Å². The maximum atomic E-state index is 12.1. The Kier molecular flexibility index (Phi) is 6.02. The van der Waals surface area contributed by atoms with Gasteiger partial charge in [0.25, 0.3) is 5.91 Å². The molecular formula is C15H20NO5-. The molecule has 0 unspecified atom stereocenters. The highest BCUT2D eigenvalue weighted by Gasteiger charge is 2.17. The van der Waals surface area contributed by atoms with Crippen LogP contribution in [-0.4, -0.2) is 32.1 Å². The van der Waals surface area contributed by atoms with Gasteiger partial charge in [0.15, 0.2) is 11.5 Å². The Morgan fingerprint density at radius 2 is 1.81 bits per heavy atom. The zero-order valence-electron chi connectivity index (χ0n) is 12.6. The van der Waals surface area contributed by atoms with Crippen LogP contribution in [0.1, 0.15) is 30.6 Å². The van der Waals surface area contributed by atoms with Gasteiger partial charge >= 0.3 is 0 Å². The number of carbonyl (C=O) groups excluding carboxylic acids is 2. The molecule has 6 nitrogen and oxygen atoms in total. The van der Waals surface area contributed by atoms with Crippen LogP contribution in [0.2, 0.25) is 0 Å². The fourth-order valence-electron chi connectivity index (χ4n) is 1.90. The van der Waals surface area contributed by atoms with Crippen molar-refractivity contribution in [2.45, 2.75) is 26.3 Å². The van der Waals surface area contributed by atoms with Gasteiger partial charge in [-0.1, -0.05) is 13.8 Å². The van der Waals surface area contributed by atoms with E-state index in [1.54, 1.807) is 12.1 Å². The second-order valence-electron chi connectivity index (χ2n) is 5.04. The molecule has 1 atom stereocenters. The summed E-state index contributed by atoms with van der Waals surface area (Å²) in [5.74, 6) is -0.770. The van der Waals surface area contributed by atoms with Crippen LogP contribution in [0.5, 0.6) is 11.5 Å². The minimum Gasteiger partial charge on any atom is -0.548 e. The molecule has 6 heteroatoms. The molecule has 0 aromatic heterocycles. The molecule has 116 valence electrons. The highest BCUT2D eigenvalue weighted by Crippen LogP contribution is 2.27. The number of nitrogens with one attached hydrogen (secondary N) is 1. The monoisotopic (exact) mass is 294 g/mol. The van der Waals surface area contributed by atoms with Crippen LogP contribution in [0.3, 0.4) is 0 Å². The average Bonchev–Trinajstić information content (AvgIpc) is 2.45. The number of hydrogen-bond acceptors (Lipinski definition) is 5. The van der Waals surface area contributed by atoms with Crippen molar-refractivity contribution in [2.75, 3.05) is 14.2 Å². The number of carboxylic acid groups (broad SMARTS) is 1. The number of rotatable bonds is 7. The van der Waals surface area contributed by atoms with E-state index in [1.165, 1.54) is 20.3 Å². The van der Waals surface area contributed by atoms with Crippen molar-refractivity contribution in [3.8, 4) is 11.5 Å². The number of methoxy groups -OCH3 is 2. The lowest BCUT2D eigenvalue weighted by Gasteiger charge is -2.21. The first-order valence-corrected chi connectivity index (χ1v) is 6.62. The Morgan fingerprint density at radius 3 is 2.29 bits per heavy atom. The first-order chi connectivity index (χ1) is 9.88. The van der Waals surface area contributed by atoms with Gasteiger partial charge in [0.1, 0.15) is 0 Å². The lowest BCUT2D eigenvalue weighted by molar-refractivity contribution is -0.308. The molecule has 1 rings (SSSR count). The van der Waals surface area contributed by atoms with Crippen LogP contribution < -0.4 is 19.9 Å². The van der Waals surface area contributed by atoms with Crippen molar-refractivity contribution in [1.82, 2.24) is 5.32 Å². The Hall–Kier alpha value is -2.24. The Labute approximate surface area is 124 Å². The molecule has 0 spiro atoms. The summed E-state index contributed by atoms with van der Waals surface area (Å²) in [6, 6.07) is 3.60. The standard InChI is InChI=1S/C15H21NO5/c1-9(2)7-11(15(18)19)16-14(17)10-5-6-12(20-3)13(8-10)21-4/h5-6,8-9,11H,7H2,1-4H3,(H,16,17)(H,18,19)/p-1/t11-/m1/s1. The second-order valence-corrected chi connectivity index (χ2v) is 5.04. The predicted molar refractivity (Wildman–Crippen MR) is 75.3 cm³/mol. The quantitative estimate of drug-likeness (QED) is 0.795. The van der Waals surface area contributed by atoms with Gasteiger partial charge in [0.05, 0.1) is 26.2 Å². The third kappa shape index (κ3) is 4.66. The van der Waals surface area contributed by atoms with Crippen LogP contribution in [0.25, 0.3) is 0 Å². The fourth-order valence-corrected chi connectivity index (χ4v) is 1.90. The molecule has 1 aromatic carbocycles. The van der Waals surface area contributed by atoms with E-state index in [9.17, 15) is 14.7 Å². The number of carbonyl (C=O) groups is 2. The van der Waals surface area contributed by atoms with E-state index in [2.05, 4.69) is 5.32 Å². The largest absolute Gasteiger partial charge is 0.548 e. The third-order valence-corrected chi connectivity index (χ3v) is 2.94. The first-order valence-electron chi connectivity index (χ1n) is 6.62. The summed E-state index contributed by atoms with van der Waals surface area (Å²) >= 11 is 0. The maximum absolute atomic E-state index is 12.1. The fraction of sp³-hybridized carbons (Fsp3) is 0.467. The van der Waals surface area contributed by atoms with E-state index < -0.39 is 17.9 Å². The minimum absolute atomic E-state index is 0.124. The number of amides is 1. The summed E-state index contributed by atoms with van der Waals surface area (Å²) in [5, 5.41) is 13.5.